The summed E-state index contributed by atoms with van der Waals surface area (Å²) < 4.78 is 7.28. The molecule has 3 rings (SSSR count). The first-order chi connectivity index (χ1) is 10.6. The monoisotopic (exact) mass is 320 g/mol. The summed E-state index contributed by atoms with van der Waals surface area (Å²) in [5, 5.41) is 0. The zero-order chi connectivity index (χ0) is 17.1. The number of hydrogen-bond acceptors (Lipinski definition) is 5. The van der Waals surface area contributed by atoms with E-state index in [1.807, 2.05) is 20.8 Å². The molecule has 1 unspecified atom stereocenters. The molecule has 1 fully saturated rings. The molecule has 0 saturated carbocycles. The van der Waals surface area contributed by atoms with Gasteiger partial charge in [0.05, 0.1) is 0 Å². The Labute approximate surface area is 132 Å². The van der Waals surface area contributed by atoms with E-state index in [0.29, 0.717) is 5.76 Å². The molecule has 23 heavy (non-hydrogen) atoms. The Morgan fingerprint density at radius 3 is 2.65 bits per heavy atom. The number of nitrogens with two attached hydrogens (primary N) is 1. The largest absolute Gasteiger partial charge is 0.506 e. The second-order valence-electron chi connectivity index (χ2n) is 6.64. The summed E-state index contributed by atoms with van der Waals surface area (Å²) in [6.45, 7) is 5.46. The minimum atomic E-state index is -0.827. The zero-order valence-corrected chi connectivity index (χ0v) is 13.4. The molecule has 122 valence electrons. The second kappa shape index (κ2) is 4.64. The van der Waals surface area contributed by atoms with Crippen LogP contribution in [-0.2, 0) is 15.0 Å². The van der Waals surface area contributed by atoms with E-state index >= 15 is 0 Å². The Hall–Kier alpha value is -2.71. The van der Waals surface area contributed by atoms with Crippen LogP contribution in [0.15, 0.2) is 15.6 Å². The highest BCUT2D eigenvalue weighted by molar-refractivity contribution is 6.19. The van der Waals surface area contributed by atoms with Crippen molar-refractivity contribution in [3.8, 4) is 0 Å². The van der Waals surface area contributed by atoms with E-state index in [9.17, 15) is 14.4 Å². The lowest BCUT2D eigenvalue weighted by atomic mass is 9.94. The standard InChI is InChI=1S/C14H17N5O4/c1-14(2,3)7-5-18-9-10(16-12(18)23-7)17(4)13(22)19(11(9)21)6-8(15)20/h5,9H,6H2,1-4H3,(H-,15,20)/p+1. The minimum absolute atomic E-state index is 0.251. The first kappa shape index (κ1) is 15.2. The molecule has 3 heterocycles. The molecule has 2 N–H and O–H groups in total. The van der Waals surface area contributed by atoms with Crippen molar-refractivity contribution < 1.29 is 23.4 Å². The highest BCUT2D eigenvalue weighted by atomic mass is 16.4. The number of carbonyl (C=O) groups is 3. The maximum atomic E-state index is 12.6. The lowest BCUT2D eigenvalue weighted by molar-refractivity contribution is -0.679. The van der Waals surface area contributed by atoms with E-state index in [1.165, 1.54) is 11.9 Å². The van der Waals surface area contributed by atoms with Gasteiger partial charge in [0.15, 0.2) is 5.76 Å². The van der Waals surface area contributed by atoms with Crippen molar-refractivity contribution in [2.24, 2.45) is 10.7 Å². The van der Waals surface area contributed by atoms with Gasteiger partial charge in [0, 0.05) is 17.5 Å². The van der Waals surface area contributed by atoms with Crippen LogP contribution < -0.4 is 10.3 Å². The molecule has 0 aliphatic carbocycles. The zero-order valence-electron chi connectivity index (χ0n) is 13.4. The smallest absolute Gasteiger partial charge is 0.389 e. The van der Waals surface area contributed by atoms with Crippen LogP contribution in [0.4, 0.5) is 10.8 Å². The SMILES string of the molecule is CN1C(=O)N(CC(N)=O)C(=O)C2C1=Nc1oc(C(C)(C)C)c[n+]12. The van der Waals surface area contributed by atoms with Crippen LogP contribution in [0.3, 0.4) is 0 Å². The van der Waals surface area contributed by atoms with Crippen molar-refractivity contribution in [2.45, 2.75) is 32.2 Å². The van der Waals surface area contributed by atoms with Gasteiger partial charge < -0.3 is 10.2 Å². The third kappa shape index (κ3) is 2.19. The Balaban J connectivity index is 2.05. The van der Waals surface area contributed by atoms with E-state index in [-0.39, 0.29) is 17.3 Å². The molecular weight excluding hydrogens is 302 g/mol. The number of primary amides is 1. The van der Waals surface area contributed by atoms with Gasteiger partial charge in [-0.05, 0) is 0 Å². The molecule has 1 saturated heterocycles. The first-order valence-electron chi connectivity index (χ1n) is 7.12. The maximum Gasteiger partial charge on any atom is 0.506 e. The number of imide groups is 1. The van der Waals surface area contributed by atoms with E-state index in [4.69, 9.17) is 10.2 Å². The molecule has 0 spiro atoms. The Morgan fingerprint density at radius 1 is 1.43 bits per heavy atom. The molecule has 0 aromatic carbocycles. The Bertz CT molecular complexity index is 758. The summed E-state index contributed by atoms with van der Waals surface area (Å²) in [6.07, 6.45) is 1.71. The highest BCUT2D eigenvalue weighted by Gasteiger charge is 2.55. The Kier molecular flexibility index (Phi) is 3.07. The Morgan fingerprint density at radius 2 is 2.09 bits per heavy atom. The van der Waals surface area contributed by atoms with E-state index in [0.717, 1.165) is 4.90 Å². The van der Waals surface area contributed by atoms with Crippen LogP contribution in [0.1, 0.15) is 32.6 Å². The van der Waals surface area contributed by atoms with Crippen molar-refractivity contribution in [2.75, 3.05) is 13.6 Å². The normalized spacial score (nSPS) is 20.5. The van der Waals surface area contributed by atoms with Crippen LogP contribution in [0.25, 0.3) is 0 Å². The number of carbonyl (C=O) groups excluding carboxylic acids is 3. The number of rotatable bonds is 2. The molecule has 9 nitrogen and oxygen atoms in total. The van der Waals surface area contributed by atoms with Gasteiger partial charge in [-0.2, -0.15) is 4.57 Å². The lowest BCUT2D eigenvalue weighted by Crippen LogP contribution is -2.63. The van der Waals surface area contributed by atoms with E-state index < -0.39 is 30.4 Å². The van der Waals surface area contributed by atoms with Crippen molar-refractivity contribution in [3.05, 3.63) is 12.0 Å². The number of amides is 4. The van der Waals surface area contributed by atoms with Crippen molar-refractivity contribution in [3.63, 3.8) is 0 Å². The number of fused-ring (bicyclic) bond motifs is 3. The summed E-state index contributed by atoms with van der Waals surface area (Å²) in [5.74, 6) is -0.356. The number of urea groups is 1. The fourth-order valence-corrected chi connectivity index (χ4v) is 2.56. The van der Waals surface area contributed by atoms with Gasteiger partial charge in [-0.3, -0.25) is 19.4 Å². The number of oxazole rings is 1. The first-order valence-corrected chi connectivity index (χ1v) is 7.12. The van der Waals surface area contributed by atoms with Gasteiger partial charge >= 0.3 is 12.0 Å². The molecule has 1 atom stereocenters. The number of aliphatic imine (C=N–C) groups is 1. The van der Waals surface area contributed by atoms with Crippen LogP contribution in [-0.4, -0.2) is 47.1 Å². The minimum Gasteiger partial charge on any atom is -0.389 e. The van der Waals surface area contributed by atoms with Gasteiger partial charge in [0.25, 0.3) is 17.8 Å². The lowest BCUT2D eigenvalue weighted by Gasteiger charge is -2.31. The van der Waals surface area contributed by atoms with Gasteiger partial charge in [-0.15, -0.1) is 0 Å². The molecule has 1 aromatic heterocycles. The summed E-state index contributed by atoms with van der Waals surface area (Å²) >= 11 is 0. The molecule has 2 aliphatic rings. The average molecular weight is 320 g/mol. The summed E-state index contributed by atoms with van der Waals surface area (Å²) in [5.41, 5.74) is 4.88. The van der Waals surface area contributed by atoms with Gasteiger partial charge in [0.2, 0.25) is 5.91 Å². The topological polar surface area (TPSA) is 113 Å². The summed E-state index contributed by atoms with van der Waals surface area (Å²) in [7, 11) is 1.49. The molecule has 0 bridgehead atoms. The number of hydrogen-bond donors (Lipinski definition) is 1. The third-order valence-electron chi connectivity index (χ3n) is 3.83. The van der Waals surface area contributed by atoms with Crippen molar-refractivity contribution >= 4 is 29.7 Å². The van der Waals surface area contributed by atoms with Crippen molar-refractivity contribution in [1.29, 1.82) is 0 Å². The molecule has 9 heteroatoms. The molecule has 4 amide bonds. The quantitative estimate of drug-likeness (QED) is 0.762. The molecular formula is C14H18N5O4+. The predicted octanol–water partition coefficient (Wildman–Crippen LogP) is -0.171. The van der Waals surface area contributed by atoms with E-state index in [1.54, 1.807) is 10.8 Å². The van der Waals surface area contributed by atoms with Crippen molar-refractivity contribution in [1.82, 2.24) is 9.80 Å². The number of nitrogens with zero attached hydrogens (tertiary/aromatic N) is 4. The summed E-state index contributed by atoms with van der Waals surface area (Å²) in [6, 6.07) is -1.21. The van der Waals surface area contributed by atoms with Gasteiger partial charge in [-0.25, -0.2) is 4.79 Å². The highest BCUT2D eigenvalue weighted by Crippen LogP contribution is 2.32. The van der Waals surface area contributed by atoms with Crippen LogP contribution in [0.2, 0.25) is 0 Å². The van der Waals surface area contributed by atoms with Crippen LogP contribution in [0, 0.1) is 0 Å². The predicted molar refractivity (Wildman–Crippen MR) is 77.8 cm³/mol. The fourth-order valence-electron chi connectivity index (χ4n) is 2.56. The fraction of sp³-hybridized carbons (Fsp3) is 0.500. The van der Waals surface area contributed by atoms with Crippen LogP contribution in [0.5, 0.6) is 0 Å². The number of amidine groups is 1. The van der Waals surface area contributed by atoms with Gasteiger partial charge in [-0.1, -0.05) is 20.8 Å². The van der Waals surface area contributed by atoms with E-state index in [2.05, 4.69) is 4.99 Å². The molecule has 1 aromatic rings. The number of likely N-dealkylation sites (N-methyl/N-ethyl adjacent to an activating group) is 1. The molecule has 2 aliphatic heterocycles. The molecule has 0 radical (unpaired) electrons. The number of aromatic nitrogens is 1. The summed E-state index contributed by atoms with van der Waals surface area (Å²) in [4.78, 5) is 42.3. The van der Waals surface area contributed by atoms with Gasteiger partial charge in [0.1, 0.15) is 12.7 Å². The third-order valence-corrected chi connectivity index (χ3v) is 3.83. The van der Waals surface area contributed by atoms with Crippen LogP contribution >= 0.6 is 0 Å². The average Bonchev–Trinajstić information content (AvgIpc) is 2.97. The second-order valence-corrected chi connectivity index (χ2v) is 6.64. The maximum absolute atomic E-state index is 12.6.